The van der Waals surface area contributed by atoms with Gasteiger partial charge in [0.2, 0.25) is 0 Å². The van der Waals surface area contributed by atoms with Crippen LogP contribution in [0.3, 0.4) is 0 Å². The fourth-order valence-corrected chi connectivity index (χ4v) is 1.85. The van der Waals surface area contributed by atoms with Crippen LogP contribution in [0.4, 0.5) is 0 Å². The van der Waals surface area contributed by atoms with Crippen LogP contribution in [0.1, 0.15) is 12.5 Å². The quantitative estimate of drug-likeness (QED) is 0.939. The Bertz CT molecular complexity index is 462. The molecule has 0 aliphatic rings. The second-order valence-corrected chi connectivity index (χ2v) is 4.74. The fourth-order valence-electron chi connectivity index (χ4n) is 1.57. The van der Waals surface area contributed by atoms with Crippen molar-refractivity contribution in [3.05, 3.63) is 46.7 Å². The average Bonchev–Trinajstić information content (AvgIpc) is 2.65. The Labute approximate surface area is 103 Å². The summed E-state index contributed by atoms with van der Waals surface area (Å²) in [6.45, 7) is 1.79. The van der Waals surface area contributed by atoms with Crippen molar-refractivity contribution in [3.8, 4) is 5.69 Å². The van der Waals surface area contributed by atoms with Gasteiger partial charge in [-0.1, -0.05) is 12.1 Å². The molecule has 0 bridgehead atoms. The minimum absolute atomic E-state index is 0.301. The normalized spacial score (nSPS) is 12.7. The Morgan fingerprint density at radius 1 is 1.38 bits per heavy atom. The van der Waals surface area contributed by atoms with Crippen molar-refractivity contribution in [1.82, 2.24) is 9.78 Å². The van der Waals surface area contributed by atoms with E-state index in [4.69, 9.17) is 0 Å². The lowest BCUT2D eigenvalue weighted by atomic mass is 10.1. The molecular weight excluding hydrogens is 268 g/mol. The molecule has 0 spiro atoms. The molecule has 0 fully saturated rings. The van der Waals surface area contributed by atoms with E-state index >= 15 is 0 Å². The first-order chi connectivity index (χ1) is 7.65. The zero-order chi connectivity index (χ0) is 11.5. The van der Waals surface area contributed by atoms with E-state index in [9.17, 15) is 5.11 Å². The summed E-state index contributed by atoms with van der Waals surface area (Å²) in [5.74, 6) is 0. The molecule has 0 amide bonds. The van der Waals surface area contributed by atoms with Crippen LogP contribution in [0.5, 0.6) is 0 Å². The highest BCUT2D eigenvalue weighted by Crippen LogP contribution is 2.14. The minimum atomic E-state index is -0.301. The van der Waals surface area contributed by atoms with E-state index in [-0.39, 0.29) is 6.10 Å². The molecule has 1 atom stereocenters. The van der Waals surface area contributed by atoms with Crippen molar-refractivity contribution < 1.29 is 5.11 Å². The SMILES string of the molecule is CC(O)Cc1ccc(-n2cc(Br)cn2)cc1. The zero-order valence-electron chi connectivity index (χ0n) is 8.97. The second kappa shape index (κ2) is 4.80. The molecule has 0 saturated heterocycles. The maximum Gasteiger partial charge on any atom is 0.0646 e. The first-order valence-electron chi connectivity index (χ1n) is 5.13. The molecule has 1 N–H and O–H groups in total. The molecule has 1 aromatic heterocycles. The van der Waals surface area contributed by atoms with Crippen LogP contribution in [0, 0.1) is 0 Å². The van der Waals surface area contributed by atoms with Gasteiger partial charge in [0.15, 0.2) is 0 Å². The van der Waals surface area contributed by atoms with Gasteiger partial charge in [-0.25, -0.2) is 4.68 Å². The summed E-state index contributed by atoms with van der Waals surface area (Å²) in [6, 6.07) is 8.02. The highest BCUT2D eigenvalue weighted by Gasteiger charge is 2.01. The number of hydrogen-bond acceptors (Lipinski definition) is 2. The summed E-state index contributed by atoms with van der Waals surface area (Å²) in [7, 11) is 0. The van der Waals surface area contributed by atoms with Crippen LogP contribution in [0.15, 0.2) is 41.1 Å². The van der Waals surface area contributed by atoms with Gasteiger partial charge in [0.1, 0.15) is 0 Å². The van der Waals surface area contributed by atoms with Crippen LogP contribution in [-0.2, 0) is 6.42 Å². The third-order valence-corrected chi connectivity index (χ3v) is 2.69. The number of aliphatic hydroxyl groups is 1. The van der Waals surface area contributed by atoms with E-state index in [1.54, 1.807) is 17.8 Å². The average molecular weight is 281 g/mol. The van der Waals surface area contributed by atoms with Crippen LogP contribution in [0.2, 0.25) is 0 Å². The highest BCUT2D eigenvalue weighted by molar-refractivity contribution is 9.10. The van der Waals surface area contributed by atoms with Crippen molar-refractivity contribution in [1.29, 1.82) is 0 Å². The van der Waals surface area contributed by atoms with Crippen LogP contribution < -0.4 is 0 Å². The number of aromatic nitrogens is 2. The topological polar surface area (TPSA) is 38.0 Å². The smallest absolute Gasteiger partial charge is 0.0646 e. The lowest BCUT2D eigenvalue weighted by Gasteiger charge is -2.06. The molecule has 2 aromatic rings. The first kappa shape index (κ1) is 11.4. The predicted octanol–water partition coefficient (Wildman–Crippen LogP) is 2.56. The van der Waals surface area contributed by atoms with Crippen LogP contribution in [-0.4, -0.2) is 21.0 Å². The van der Waals surface area contributed by atoms with Gasteiger partial charge in [-0.15, -0.1) is 0 Å². The summed E-state index contributed by atoms with van der Waals surface area (Å²) in [6.07, 6.45) is 4.04. The van der Waals surface area contributed by atoms with Crippen molar-refractivity contribution in [3.63, 3.8) is 0 Å². The van der Waals surface area contributed by atoms with E-state index in [1.807, 2.05) is 30.5 Å². The molecule has 2 rings (SSSR count). The molecule has 0 aliphatic carbocycles. The minimum Gasteiger partial charge on any atom is -0.393 e. The number of nitrogens with zero attached hydrogens (tertiary/aromatic N) is 2. The number of aliphatic hydroxyl groups excluding tert-OH is 1. The van der Waals surface area contributed by atoms with E-state index in [2.05, 4.69) is 21.0 Å². The van der Waals surface area contributed by atoms with E-state index in [0.29, 0.717) is 6.42 Å². The Balaban J connectivity index is 2.19. The highest BCUT2D eigenvalue weighted by atomic mass is 79.9. The van der Waals surface area contributed by atoms with Crippen LogP contribution in [0.25, 0.3) is 5.69 Å². The van der Waals surface area contributed by atoms with Crippen LogP contribution >= 0.6 is 15.9 Å². The first-order valence-corrected chi connectivity index (χ1v) is 5.92. The van der Waals surface area contributed by atoms with E-state index < -0.39 is 0 Å². The molecular formula is C12H13BrN2O. The lowest BCUT2D eigenvalue weighted by molar-refractivity contribution is 0.195. The summed E-state index contributed by atoms with van der Waals surface area (Å²) >= 11 is 3.36. The Hall–Kier alpha value is -1.13. The molecule has 16 heavy (non-hydrogen) atoms. The molecule has 0 saturated carbocycles. The zero-order valence-corrected chi connectivity index (χ0v) is 10.6. The maximum atomic E-state index is 9.27. The predicted molar refractivity (Wildman–Crippen MR) is 66.6 cm³/mol. The van der Waals surface area contributed by atoms with Gasteiger partial charge in [-0.3, -0.25) is 0 Å². The van der Waals surface area contributed by atoms with Crippen molar-refractivity contribution in [2.24, 2.45) is 0 Å². The molecule has 0 aliphatic heterocycles. The number of benzene rings is 1. The Kier molecular flexibility index (Phi) is 3.41. The summed E-state index contributed by atoms with van der Waals surface area (Å²) in [4.78, 5) is 0. The number of halogens is 1. The van der Waals surface area contributed by atoms with Gasteiger partial charge in [0.05, 0.1) is 22.5 Å². The van der Waals surface area contributed by atoms with Gasteiger partial charge in [0.25, 0.3) is 0 Å². The monoisotopic (exact) mass is 280 g/mol. The molecule has 1 unspecified atom stereocenters. The molecule has 1 heterocycles. The van der Waals surface area contributed by atoms with Gasteiger partial charge >= 0.3 is 0 Å². The molecule has 3 nitrogen and oxygen atoms in total. The second-order valence-electron chi connectivity index (χ2n) is 3.82. The van der Waals surface area contributed by atoms with E-state index in [0.717, 1.165) is 15.7 Å². The summed E-state index contributed by atoms with van der Waals surface area (Å²) in [5, 5.41) is 13.5. The third-order valence-electron chi connectivity index (χ3n) is 2.28. The molecule has 84 valence electrons. The van der Waals surface area contributed by atoms with Gasteiger partial charge < -0.3 is 5.11 Å². The standard InChI is InChI=1S/C12H13BrN2O/c1-9(16)6-10-2-4-12(5-3-10)15-8-11(13)7-14-15/h2-5,7-9,16H,6H2,1H3. The summed E-state index contributed by atoms with van der Waals surface area (Å²) in [5.41, 5.74) is 2.14. The lowest BCUT2D eigenvalue weighted by Crippen LogP contribution is -2.04. The fraction of sp³-hybridized carbons (Fsp3) is 0.250. The van der Waals surface area contributed by atoms with Gasteiger partial charge in [0, 0.05) is 6.20 Å². The third kappa shape index (κ3) is 2.71. The molecule has 1 aromatic carbocycles. The molecule has 0 radical (unpaired) electrons. The maximum absolute atomic E-state index is 9.27. The van der Waals surface area contributed by atoms with Crippen molar-refractivity contribution in [2.45, 2.75) is 19.4 Å². The van der Waals surface area contributed by atoms with E-state index in [1.165, 1.54) is 0 Å². The Morgan fingerprint density at radius 2 is 2.06 bits per heavy atom. The van der Waals surface area contributed by atoms with Crippen molar-refractivity contribution in [2.75, 3.05) is 0 Å². The largest absolute Gasteiger partial charge is 0.393 e. The van der Waals surface area contributed by atoms with Gasteiger partial charge in [-0.2, -0.15) is 5.10 Å². The number of hydrogen-bond donors (Lipinski definition) is 1. The van der Waals surface area contributed by atoms with Gasteiger partial charge in [-0.05, 0) is 47.0 Å². The molecule has 4 heteroatoms. The van der Waals surface area contributed by atoms with Crippen molar-refractivity contribution >= 4 is 15.9 Å². The summed E-state index contributed by atoms with van der Waals surface area (Å²) < 4.78 is 2.76. The number of rotatable bonds is 3. The Morgan fingerprint density at radius 3 is 2.56 bits per heavy atom.